The molecule has 2 rings (SSSR count). The molecule has 0 saturated heterocycles. The van der Waals surface area contributed by atoms with Gasteiger partial charge >= 0.3 is 11.9 Å². The van der Waals surface area contributed by atoms with Gasteiger partial charge in [0.05, 0.1) is 11.1 Å². The van der Waals surface area contributed by atoms with E-state index in [4.69, 9.17) is 9.47 Å². The largest absolute Gasteiger partial charge is 0.458 e. The Bertz CT molecular complexity index is 708. The van der Waals surface area contributed by atoms with Gasteiger partial charge in [0.15, 0.2) is 0 Å². The summed E-state index contributed by atoms with van der Waals surface area (Å²) in [5, 5.41) is 0. The van der Waals surface area contributed by atoms with Gasteiger partial charge in [-0.2, -0.15) is 0 Å². The van der Waals surface area contributed by atoms with Crippen LogP contribution in [0.3, 0.4) is 0 Å². The average Bonchev–Trinajstić information content (AvgIpc) is 2.76. The fourth-order valence-electron chi connectivity index (χ4n) is 3.98. The minimum Gasteiger partial charge on any atom is -0.458 e. The molecule has 2 aromatic rings. The van der Waals surface area contributed by atoms with E-state index in [9.17, 15) is 9.59 Å². The van der Waals surface area contributed by atoms with Crippen LogP contribution in [0.25, 0.3) is 0 Å². The Labute approximate surface area is 174 Å². The Balaban J connectivity index is 2.24. The van der Waals surface area contributed by atoms with Gasteiger partial charge in [-0.15, -0.1) is 0 Å². The lowest BCUT2D eigenvalue weighted by atomic mass is 9.73. The van der Waals surface area contributed by atoms with Crippen molar-refractivity contribution in [1.29, 1.82) is 0 Å². The average molecular weight is 397 g/mol. The zero-order valence-corrected chi connectivity index (χ0v) is 17.9. The van der Waals surface area contributed by atoms with Crippen LogP contribution in [0.5, 0.6) is 0 Å². The van der Waals surface area contributed by atoms with Crippen molar-refractivity contribution in [2.24, 2.45) is 5.41 Å². The first-order chi connectivity index (χ1) is 14.0. The second-order valence-corrected chi connectivity index (χ2v) is 7.59. The van der Waals surface area contributed by atoms with E-state index in [1.807, 2.05) is 50.2 Å². The Kier molecular flexibility index (Phi) is 8.44. The molecule has 0 bridgehead atoms. The lowest BCUT2D eigenvalue weighted by Crippen LogP contribution is -2.46. The van der Waals surface area contributed by atoms with Gasteiger partial charge < -0.3 is 9.47 Å². The molecule has 4 nitrogen and oxygen atoms in total. The summed E-state index contributed by atoms with van der Waals surface area (Å²) in [6.07, 6.45) is 2.26. The molecule has 2 unspecified atom stereocenters. The van der Waals surface area contributed by atoms with Crippen molar-refractivity contribution in [3.8, 4) is 0 Å². The Hall–Kier alpha value is -2.62. The Morgan fingerprint density at radius 3 is 1.45 bits per heavy atom. The molecule has 29 heavy (non-hydrogen) atoms. The van der Waals surface area contributed by atoms with Crippen molar-refractivity contribution in [3.05, 3.63) is 71.8 Å². The topological polar surface area (TPSA) is 52.6 Å². The minimum absolute atomic E-state index is 0.344. The van der Waals surface area contributed by atoms with E-state index < -0.39 is 5.41 Å². The van der Waals surface area contributed by atoms with Gasteiger partial charge in [-0.3, -0.25) is 0 Å². The van der Waals surface area contributed by atoms with Gasteiger partial charge in [0.2, 0.25) is 0 Å². The number of ether oxygens (including phenoxy) is 2. The Morgan fingerprint density at radius 2 is 1.14 bits per heavy atom. The molecule has 156 valence electrons. The van der Waals surface area contributed by atoms with Crippen LogP contribution in [0.15, 0.2) is 60.7 Å². The first-order valence-electron chi connectivity index (χ1n) is 10.5. The predicted molar refractivity (Wildman–Crippen MR) is 115 cm³/mol. The molecule has 0 heterocycles. The molecule has 2 aromatic carbocycles. The molecule has 0 spiro atoms. The first kappa shape index (κ1) is 22.7. The van der Waals surface area contributed by atoms with Crippen LogP contribution < -0.4 is 0 Å². The van der Waals surface area contributed by atoms with E-state index >= 15 is 0 Å². The number of hydrogen-bond donors (Lipinski definition) is 0. The third kappa shape index (κ3) is 5.69. The van der Waals surface area contributed by atoms with Gasteiger partial charge in [-0.1, -0.05) is 70.5 Å². The second-order valence-electron chi connectivity index (χ2n) is 7.59. The number of carbonyl (C=O) groups excluding carboxylic acids is 2. The quantitative estimate of drug-likeness (QED) is 0.458. The molecule has 0 fully saturated rings. The van der Waals surface area contributed by atoms with Gasteiger partial charge in [-0.05, 0) is 43.5 Å². The van der Waals surface area contributed by atoms with Crippen LogP contribution >= 0.6 is 0 Å². The van der Waals surface area contributed by atoms with E-state index in [0.717, 1.165) is 12.8 Å². The number of esters is 2. The first-order valence-corrected chi connectivity index (χ1v) is 10.5. The lowest BCUT2D eigenvalue weighted by Gasteiger charge is -2.42. The molecule has 2 atom stereocenters. The molecule has 0 N–H and O–H groups in total. The maximum atomic E-state index is 12.7. The van der Waals surface area contributed by atoms with Crippen LogP contribution in [0.1, 0.15) is 74.1 Å². The number of rotatable bonds is 10. The third-order valence-corrected chi connectivity index (χ3v) is 5.52. The number of benzene rings is 2. The van der Waals surface area contributed by atoms with Gasteiger partial charge in [-0.25, -0.2) is 9.59 Å². The van der Waals surface area contributed by atoms with E-state index in [1.54, 1.807) is 24.3 Å². The molecule has 0 amide bonds. The molecule has 0 aliphatic carbocycles. The molecule has 0 aliphatic rings. The number of hydrogen-bond acceptors (Lipinski definition) is 4. The normalized spacial score (nSPS) is 15.0. The zero-order valence-electron chi connectivity index (χ0n) is 17.9. The van der Waals surface area contributed by atoms with E-state index in [-0.39, 0.29) is 24.1 Å². The van der Waals surface area contributed by atoms with Crippen LogP contribution in [-0.4, -0.2) is 24.1 Å². The van der Waals surface area contributed by atoms with Crippen molar-refractivity contribution >= 4 is 11.9 Å². The highest BCUT2D eigenvalue weighted by Gasteiger charge is 2.44. The fourth-order valence-corrected chi connectivity index (χ4v) is 3.98. The summed E-state index contributed by atoms with van der Waals surface area (Å²) in [7, 11) is 0. The van der Waals surface area contributed by atoms with Crippen molar-refractivity contribution in [3.63, 3.8) is 0 Å². The standard InChI is InChI=1S/C25H32O4/c1-5-18-25(4,21(6-2)28-23(26)19-14-10-8-11-15-19)22(7-3)29-24(27)20-16-12-9-13-17-20/h8-17,21-22H,5-7,18H2,1-4H3. The summed E-state index contributed by atoms with van der Waals surface area (Å²) >= 11 is 0. The molecular formula is C25H32O4. The summed E-state index contributed by atoms with van der Waals surface area (Å²) in [6.45, 7) is 8.16. The van der Waals surface area contributed by atoms with E-state index in [1.165, 1.54) is 0 Å². The highest BCUT2D eigenvalue weighted by molar-refractivity contribution is 5.90. The fraction of sp³-hybridized carbons (Fsp3) is 0.440. The molecule has 4 heteroatoms. The summed E-state index contributed by atoms with van der Waals surface area (Å²) in [5.74, 6) is -0.687. The summed E-state index contributed by atoms with van der Waals surface area (Å²) in [4.78, 5) is 25.4. The predicted octanol–water partition coefficient (Wildman–Crippen LogP) is 6.06. The minimum atomic E-state index is -0.479. The van der Waals surface area contributed by atoms with Crippen molar-refractivity contribution in [2.45, 2.75) is 65.6 Å². The van der Waals surface area contributed by atoms with Crippen LogP contribution in [0, 0.1) is 5.41 Å². The highest BCUT2D eigenvalue weighted by Crippen LogP contribution is 2.39. The molecule has 0 aromatic heterocycles. The lowest BCUT2D eigenvalue weighted by molar-refractivity contribution is -0.0866. The van der Waals surface area contributed by atoms with Crippen molar-refractivity contribution < 1.29 is 19.1 Å². The van der Waals surface area contributed by atoms with Gasteiger partial charge in [0.25, 0.3) is 0 Å². The van der Waals surface area contributed by atoms with Gasteiger partial charge in [0, 0.05) is 5.41 Å². The molecule has 0 radical (unpaired) electrons. The smallest absolute Gasteiger partial charge is 0.338 e. The van der Waals surface area contributed by atoms with E-state index in [0.29, 0.717) is 24.0 Å². The van der Waals surface area contributed by atoms with Crippen LogP contribution in [-0.2, 0) is 9.47 Å². The summed E-state index contributed by atoms with van der Waals surface area (Å²) in [5.41, 5.74) is 0.575. The molecule has 0 aliphatic heterocycles. The monoisotopic (exact) mass is 396 g/mol. The maximum absolute atomic E-state index is 12.7. The van der Waals surface area contributed by atoms with E-state index in [2.05, 4.69) is 13.8 Å². The van der Waals surface area contributed by atoms with Crippen LogP contribution in [0.2, 0.25) is 0 Å². The summed E-state index contributed by atoms with van der Waals surface area (Å²) < 4.78 is 11.9. The van der Waals surface area contributed by atoms with Crippen molar-refractivity contribution in [2.75, 3.05) is 0 Å². The Morgan fingerprint density at radius 1 is 0.759 bits per heavy atom. The number of carbonyl (C=O) groups is 2. The molecule has 0 saturated carbocycles. The van der Waals surface area contributed by atoms with Crippen LogP contribution in [0.4, 0.5) is 0 Å². The summed E-state index contributed by atoms with van der Waals surface area (Å²) in [6, 6.07) is 18.0. The molecular weight excluding hydrogens is 364 g/mol. The highest BCUT2D eigenvalue weighted by atomic mass is 16.6. The second kappa shape index (κ2) is 10.8. The van der Waals surface area contributed by atoms with Crippen molar-refractivity contribution in [1.82, 2.24) is 0 Å². The SMILES string of the molecule is CCCC(C)(C(CC)OC(=O)c1ccccc1)C(CC)OC(=O)c1ccccc1. The maximum Gasteiger partial charge on any atom is 0.338 e. The van der Waals surface area contributed by atoms with Gasteiger partial charge in [0.1, 0.15) is 12.2 Å². The zero-order chi connectivity index (χ0) is 21.3. The third-order valence-electron chi connectivity index (χ3n) is 5.52.